The molecule has 0 aromatic rings. The fourth-order valence-electron chi connectivity index (χ4n) is 0.241. The van der Waals surface area contributed by atoms with Crippen LogP contribution in [0, 0.1) is 0 Å². The van der Waals surface area contributed by atoms with Crippen LogP contribution >= 0.6 is 0 Å². The summed E-state index contributed by atoms with van der Waals surface area (Å²) in [6.45, 7) is 0. The summed E-state index contributed by atoms with van der Waals surface area (Å²) in [7, 11) is 0. The third-order valence-corrected chi connectivity index (χ3v) is 0.632. The Kier molecular flexibility index (Phi) is 14.6. The number of hydrogen-bond acceptors (Lipinski definition) is 5. The van der Waals surface area contributed by atoms with Gasteiger partial charge in [0.2, 0.25) is 0 Å². The van der Waals surface area contributed by atoms with Crippen molar-refractivity contribution in [3.8, 4) is 0 Å². The summed E-state index contributed by atoms with van der Waals surface area (Å²) >= 11 is 0. The van der Waals surface area contributed by atoms with Crippen LogP contribution in [0.3, 0.4) is 0 Å². The molecule has 0 amide bonds. The number of hydrogen-bond donors (Lipinski definition) is 1. The summed E-state index contributed by atoms with van der Waals surface area (Å²) in [5, 5.41) is 27.3. The minimum absolute atomic E-state index is 0. The zero-order valence-electron chi connectivity index (χ0n) is 6.36. The number of carboxylic acid groups (broad SMARTS) is 2. The molecule has 0 unspecified atom stereocenters. The van der Waals surface area contributed by atoms with Crippen molar-refractivity contribution in [3.05, 3.63) is 0 Å². The Morgan fingerprint density at radius 3 is 1.73 bits per heavy atom. The van der Waals surface area contributed by atoms with Crippen molar-refractivity contribution in [2.45, 2.75) is 12.5 Å². The van der Waals surface area contributed by atoms with Crippen LogP contribution < -0.4 is 69.3 Å². The molecule has 0 fully saturated rings. The Hall–Kier alpha value is 0.900. The van der Waals surface area contributed by atoms with E-state index >= 15 is 0 Å². The standard InChI is InChI=1S/C4H6O5.2Na/c5-2(4(8)9)1-3(6)7;;/h2,5H,1H2,(H,6,7)(H,8,9);;/q;2*+1/p-2/t2-;;/m0../s1. The maximum Gasteiger partial charge on any atom is 1.00 e. The fraction of sp³-hybridized carbons (Fsp3) is 0.500. The van der Waals surface area contributed by atoms with E-state index in [-0.39, 0.29) is 59.1 Å². The molecule has 1 atom stereocenters. The van der Waals surface area contributed by atoms with Crippen molar-refractivity contribution in [3.63, 3.8) is 0 Å². The van der Waals surface area contributed by atoms with Gasteiger partial charge in [-0.3, -0.25) is 0 Å². The number of aliphatic hydroxyl groups excluding tert-OH is 1. The van der Waals surface area contributed by atoms with Gasteiger partial charge in [-0.05, 0) is 0 Å². The molecule has 52 valence electrons. The van der Waals surface area contributed by atoms with Crippen LogP contribution in [0.15, 0.2) is 0 Å². The van der Waals surface area contributed by atoms with Gasteiger partial charge in [-0.2, -0.15) is 0 Å². The molecule has 0 saturated heterocycles. The first-order valence-corrected chi connectivity index (χ1v) is 2.13. The first-order valence-electron chi connectivity index (χ1n) is 2.13. The molecule has 0 rings (SSSR count). The molecule has 0 aliphatic rings. The van der Waals surface area contributed by atoms with Crippen LogP contribution in [-0.4, -0.2) is 23.1 Å². The molecular weight excluding hydrogens is 174 g/mol. The zero-order valence-corrected chi connectivity index (χ0v) is 10.4. The van der Waals surface area contributed by atoms with E-state index in [1.54, 1.807) is 0 Å². The largest absolute Gasteiger partial charge is 1.00 e. The van der Waals surface area contributed by atoms with Crippen LogP contribution in [0.2, 0.25) is 0 Å². The molecule has 0 aromatic carbocycles. The van der Waals surface area contributed by atoms with Gasteiger partial charge in [0.25, 0.3) is 0 Å². The summed E-state index contributed by atoms with van der Waals surface area (Å²) in [5.74, 6) is -3.43. The minimum Gasteiger partial charge on any atom is -0.550 e. The molecule has 0 radical (unpaired) electrons. The predicted molar refractivity (Wildman–Crippen MR) is 20.6 cm³/mol. The number of rotatable bonds is 3. The van der Waals surface area contributed by atoms with Crippen molar-refractivity contribution in [1.82, 2.24) is 0 Å². The van der Waals surface area contributed by atoms with Gasteiger partial charge in [-0.25, -0.2) is 0 Å². The van der Waals surface area contributed by atoms with Crippen molar-refractivity contribution in [2.24, 2.45) is 0 Å². The molecule has 7 heteroatoms. The number of aliphatic hydroxyl groups is 1. The third-order valence-electron chi connectivity index (χ3n) is 0.632. The molecule has 11 heavy (non-hydrogen) atoms. The SMILES string of the molecule is O=C([O-])C[C@H](O)C(=O)[O-].[Na+].[Na+]. The Balaban J connectivity index is -0.000000320. The number of aliphatic carboxylic acids is 2. The molecule has 0 spiro atoms. The molecule has 0 aliphatic carbocycles. The molecule has 0 aromatic heterocycles. The Morgan fingerprint density at radius 2 is 1.64 bits per heavy atom. The predicted octanol–water partition coefficient (Wildman–Crippen LogP) is -9.75. The van der Waals surface area contributed by atoms with Crippen LogP contribution in [-0.2, 0) is 9.59 Å². The topological polar surface area (TPSA) is 100 Å². The number of carbonyl (C=O) groups is 2. The van der Waals surface area contributed by atoms with Gasteiger partial charge in [-0.1, -0.05) is 0 Å². The smallest absolute Gasteiger partial charge is 0.550 e. The van der Waals surface area contributed by atoms with Gasteiger partial charge in [0.15, 0.2) is 0 Å². The summed E-state index contributed by atoms with van der Waals surface area (Å²) < 4.78 is 0. The molecular formula is C4H4Na2O5. The van der Waals surface area contributed by atoms with Crippen molar-refractivity contribution >= 4 is 11.9 Å². The molecule has 0 saturated carbocycles. The second-order valence-electron chi connectivity index (χ2n) is 1.41. The fourth-order valence-corrected chi connectivity index (χ4v) is 0.241. The molecule has 5 nitrogen and oxygen atoms in total. The second kappa shape index (κ2) is 8.99. The quantitative estimate of drug-likeness (QED) is 0.432. The van der Waals surface area contributed by atoms with Gasteiger partial charge in [0.1, 0.15) is 0 Å². The zero-order chi connectivity index (χ0) is 7.44. The summed E-state index contributed by atoms with van der Waals surface area (Å²) in [6, 6.07) is 0. The summed E-state index contributed by atoms with van der Waals surface area (Å²) in [6.07, 6.45) is -2.89. The van der Waals surface area contributed by atoms with Gasteiger partial charge >= 0.3 is 59.1 Å². The maximum atomic E-state index is 9.58. The molecule has 0 heterocycles. The van der Waals surface area contributed by atoms with Crippen LogP contribution in [0.4, 0.5) is 0 Å². The minimum atomic E-state index is -1.96. The van der Waals surface area contributed by atoms with Crippen LogP contribution in [0.25, 0.3) is 0 Å². The normalized spacial score (nSPS) is 10.3. The van der Waals surface area contributed by atoms with E-state index in [9.17, 15) is 19.8 Å². The van der Waals surface area contributed by atoms with Crippen molar-refractivity contribution in [2.75, 3.05) is 0 Å². The summed E-state index contributed by atoms with van der Waals surface area (Å²) in [5.41, 5.74) is 0. The van der Waals surface area contributed by atoms with Gasteiger partial charge in [-0.15, -0.1) is 0 Å². The van der Waals surface area contributed by atoms with E-state index in [0.29, 0.717) is 0 Å². The van der Waals surface area contributed by atoms with E-state index < -0.39 is 24.5 Å². The van der Waals surface area contributed by atoms with Gasteiger partial charge in [0, 0.05) is 12.4 Å². The van der Waals surface area contributed by atoms with E-state index in [1.165, 1.54) is 0 Å². The Labute approximate surface area is 107 Å². The summed E-state index contributed by atoms with van der Waals surface area (Å²) in [4.78, 5) is 19.1. The first-order chi connectivity index (χ1) is 4.04. The second-order valence-corrected chi connectivity index (χ2v) is 1.41. The number of carboxylic acids is 2. The average molecular weight is 178 g/mol. The van der Waals surface area contributed by atoms with E-state index in [4.69, 9.17) is 5.11 Å². The van der Waals surface area contributed by atoms with Gasteiger partial charge in [0.05, 0.1) is 12.1 Å². The Morgan fingerprint density at radius 1 is 1.27 bits per heavy atom. The number of carbonyl (C=O) groups excluding carboxylic acids is 2. The molecule has 0 bridgehead atoms. The third kappa shape index (κ3) is 10.9. The van der Waals surface area contributed by atoms with E-state index in [2.05, 4.69) is 0 Å². The van der Waals surface area contributed by atoms with Crippen molar-refractivity contribution < 1.29 is 84.0 Å². The monoisotopic (exact) mass is 178 g/mol. The Bertz CT molecular complexity index is 136. The van der Waals surface area contributed by atoms with Crippen molar-refractivity contribution in [1.29, 1.82) is 0 Å². The van der Waals surface area contributed by atoms with E-state index in [0.717, 1.165) is 0 Å². The van der Waals surface area contributed by atoms with Gasteiger partial charge < -0.3 is 24.9 Å². The van der Waals surface area contributed by atoms with E-state index in [1.807, 2.05) is 0 Å². The first kappa shape index (κ1) is 17.8. The van der Waals surface area contributed by atoms with Crippen LogP contribution in [0.1, 0.15) is 6.42 Å². The van der Waals surface area contributed by atoms with Crippen LogP contribution in [0.5, 0.6) is 0 Å². The molecule has 1 N–H and O–H groups in total. The average Bonchev–Trinajstić information content (AvgIpc) is 1.63. The maximum absolute atomic E-state index is 9.58. The molecule has 0 aliphatic heterocycles.